The molecule has 0 aromatic carbocycles. The molecule has 2 fully saturated rings. The molecule has 1 aliphatic carbocycles. The van der Waals surface area contributed by atoms with Crippen molar-refractivity contribution in [2.45, 2.75) is 18.4 Å². The number of hydrogen-bond acceptors (Lipinski definition) is 4. The largest absolute Gasteiger partial charge is 0.379 e. The number of rotatable bonds is 4. The molecule has 1 heterocycles. The average molecular weight is 286 g/mol. The third-order valence-electron chi connectivity index (χ3n) is 3.06. The second kappa shape index (κ2) is 7.38. The number of nitrogens with zero attached hydrogens (tertiary/aromatic N) is 1. The zero-order valence-electron chi connectivity index (χ0n) is 9.81. The molecule has 1 amide bonds. The van der Waals surface area contributed by atoms with Gasteiger partial charge in [0.05, 0.1) is 18.8 Å². The van der Waals surface area contributed by atoms with Crippen molar-refractivity contribution < 1.29 is 9.53 Å². The van der Waals surface area contributed by atoms with Crippen LogP contribution in [-0.2, 0) is 9.53 Å². The van der Waals surface area contributed by atoms with E-state index in [0.29, 0.717) is 6.54 Å². The van der Waals surface area contributed by atoms with E-state index >= 15 is 0 Å². The van der Waals surface area contributed by atoms with Crippen LogP contribution in [0.5, 0.6) is 0 Å². The normalized spacial score (nSPS) is 21.9. The van der Waals surface area contributed by atoms with Crippen molar-refractivity contribution in [2.75, 3.05) is 39.4 Å². The molecule has 5 nitrogen and oxygen atoms in total. The summed E-state index contributed by atoms with van der Waals surface area (Å²) < 4.78 is 5.24. The molecule has 0 aromatic heterocycles. The highest BCUT2D eigenvalue weighted by molar-refractivity contribution is 5.88. The van der Waals surface area contributed by atoms with Crippen LogP contribution in [0.15, 0.2) is 0 Å². The number of nitrogens with two attached hydrogens (primary N) is 1. The van der Waals surface area contributed by atoms with Crippen LogP contribution in [-0.4, -0.2) is 55.7 Å². The van der Waals surface area contributed by atoms with E-state index in [2.05, 4.69) is 10.2 Å². The first-order valence-corrected chi connectivity index (χ1v) is 5.58. The minimum atomic E-state index is -0.537. The number of ether oxygens (including phenoxy) is 1. The third-order valence-corrected chi connectivity index (χ3v) is 3.06. The number of halogens is 2. The Bertz CT molecular complexity index is 244. The average Bonchev–Trinajstić information content (AvgIpc) is 2.99. The Labute approximate surface area is 114 Å². The van der Waals surface area contributed by atoms with Gasteiger partial charge in [0.25, 0.3) is 0 Å². The van der Waals surface area contributed by atoms with E-state index in [1.807, 2.05) is 0 Å². The summed E-state index contributed by atoms with van der Waals surface area (Å²) >= 11 is 0. The summed E-state index contributed by atoms with van der Waals surface area (Å²) in [4.78, 5) is 13.8. The first-order chi connectivity index (χ1) is 7.21. The number of morpholine rings is 1. The summed E-state index contributed by atoms with van der Waals surface area (Å²) in [5.41, 5.74) is 5.23. The smallest absolute Gasteiger partial charge is 0.240 e. The Kier molecular flexibility index (Phi) is 7.35. The van der Waals surface area contributed by atoms with Crippen LogP contribution in [0.2, 0.25) is 0 Å². The lowest BCUT2D eigenvalue weighted by molar-refractivity contribution is -0.123. The first-order valence-electron chi connectivity index (χ1n) is 5.58. The predicted molar refractivity (Wildman–Crippen MR) is 70.9 cm³/mol. The number of nitrogens with one attached hydrogen (secondary N) is 1. The van der Waals surface area contributed by atoms with Crippen LogP contribution >= 0.6 is 24.8 Å². The zero-order chi connectivity index (χ0) is 10.7. The van der Waals surface area contributed by atoms with Crippen molar-refractivity contribution in [3.05, 3.63) is 0 Å². The Balaban J connectivity index is 0.00000128. The Morgan fingerprint density at radius 3 is 2.41 bits per heavy atom. The van der Waals surface area contributed by atoms with Gasteiger partial charge in [0, 0.05) is 26.2 Å². The van der Waals surface area contributed by atoms with Gasteiger partial charge in [-0.3, -0.25) is 9.69 Å². The molecule has 17 heavy (non-hydrogen) atoms. The van der Waals surface area contributed by atoms with Gasteiger partial charge >= 0.3 is 0 Å². The molecule has 2 rings (SSSR count). The van der Waals surface area contributed by atoms with Crippen molar-refractivity contribution in [1.82, 2.24) is 10.2 Å². The van der Waals surface area contributed by atoms with Gasteiger partial charge in [-0.05, 0) is 12.8 Å². The van der Waals surface area contributed by atoms with Crippen LogP contribution in [0.1, 0.15) is 12.8 Å². The van der Waals surface area contributed by atoms with Gasteiger partial charge in [-0.15, -0.1) is 24.8 Å². The zero-order valence-corrected chi connectivity index (χ0v) is 11.4. The molecule has 0 bridgehead atoms. The van der Waals surface area contributed by atoms with E-state index in [4.69, 9.17) is 10.5 Å². The molecule has 102 valence electrons. The molecule has 7 heteroatoms. The number of hydrogen-bond donors (Lipinski definition) is 2. The van der Waals surface area contributed by atoms with E-state index in [1.165, 1.54) is 0 Å². The van der Waals surface area contributed by atoms with Crippen LogP contribution < -0.4 is 11.1 Å². The predicted octanol–water partition coefficient (Wildman–Crippen LogP) is -0.230. The molecule has 0 aromatic rings. The number of amides is 1. The van der Waals surface area contributed by atoms with E-state index in [1.54, 1.807) is 0 Å². The molecule has 0 radical (unpaired) electrons. The topological polar surface area (TPSA) is 67.6 Å². The quantitative estimate of drug-likeness (QED) is 0.749. The van der Waals surface area contributed by atoms with Crippen molar-refractivity contribution in [3.63, 3.8) is 0 Å². The van der Waals surface area contributed by atoms with E-state index in [9.17, 15) is 4.79 Å². The summed E-state index contributed by atoms with van der Waals surface area (Å²) in [7, 11) is 0. The lowest BCUT2D eigenvalue weighted by Crippen LogP contribution is -2.46. The van der Waals surface area contributed by atoms with E-state index < -0.39 is 5.54 Å². The summed E-state index contributed by atoms with van der Waals surface area (Å²) in [5, 5.41) is 2.89. The minimum Gasteiger partial charge on any atom is -0.379 e. The van der Waals surface area contributed by atoms with Gasteiger partial charge in [-0.1, -0.05) is 0 Å². The maximum Gasteiger partial charge on any atom is 0.240 e. The molecular formula is C10H21Cl2N3O2. The lowest BCUT2D eigenvalue weighted by Gasteiger charge is -2.26. The number of carbonyl (C=O) groups excluding carboxylic acids is 1. The van der Waals surface area contributed by atoms with Crippen LogP contribution in [0.3, 0.4) is 0 Å². The summed E-state index contributed by atoms with van der Waals surface area (Å²) in [6.07, 6.45) is 1.66. The molecule has 3 N–H and O–H groups in total. The van der Waals surface area contributed by atoms with Crippen LogP contribution in [0.4, 0.5) is 0 Å². The maximum atomic E-state index is 11.5. The summed E-state index contributed by atoms with van der Waals surface area (Å²) in [6, 6.07) is 0. The summed E-state index contributed by atoms with van der Waals surface area (Å²) in [5.74, 6) is 0.00996. The Morgan fingerprint density at radius 1 is 1.29 bits per heavy atom. The van der Waals surface area contributed by atoms with Crippen molar-refractivity contribution in [3.8, 4) is 0 Å². The SMILES string of the molecule is Cl.Cl.NC1(C(=O)NCCN2CCOCC2)CC1. The molecule has 0 spiro atoms. The van der Waals surface area contributed by atoms with Crippen LogP contribution in [0.25, 0.3) is 0 Å². The third kappa shape index (κ3) is 4.97. The molecule has 1 saturated carbocycles. The highest BCUT2D eigenvalue weighted by Crippen LogP contribution is 2.31. The Hall–Kier alpha value is -0.0700. The molecule has 0 unspecified atom stereocenters. The minimum absolute atomic E-state index is 0. The molecular weight excluding hydrogens is 265 g/mol. The van der Waals surface area contributed by atoms with Gasteiger partial charge in [-0.25, -0.2) is 0 Å². The first kappa shape index (κ1) is 16.9. The standard InChI is InChI=1S/C10H19N3O2.2ClH/c11-10(1-2-10)9(14)12-3-4-13-5-7-15-8-6-13;;/h1-8,11H2,(H,12,14);2*1H. The Morgan fingerprint density at radius 2 is 1.88 bits per heavy atom. The highest BCUT2D eigenvalue weighted by Gasteiger charge is 2.45. The van der Waals surface area contributed by atoms with Gasteiger partial charge in [0.2, 0.25) is 5.91 Å². The monoisotopic (exact) mass is 285 g/mol. The van der Waals surface area contributed by atoms with Gasteiger partial charge in [0.15, 0.2) is 0 Å². The summed E-state index contributed by atoms with van der Waals surface area (Å²) in [6.45, 7) is 5.11. The van der Waals surface area contributed by atoms with Gasteiger partial charge < -0.3 is 15.8 Å². The van der Waals surface area contributed by atoms with Gasteiger partial charge in [0.1, 0.15) is 0 Å². The lowest BCUT2D eigenvalue weighted by atomic mass is 10.3. The van der Waals surface area contributed by atoms with Crippen molar-refractivity contribution in [1.29, 1.82) is 0 Å². The molecule has 1 aliphatic heterocycles. The fourth-order valence-corrected chi connectivity index (χ4v) is 1.69. The highest BCUT2D eigenvalue weighted by atomic mass is 35.5. The van der Waals surface area contributed by atoms with Crippen molar-refractivity contribution >= 4 is 30.7 Å². The van der Waals surface area contributed by atoms with Gasteiger partial charge in [-0.2, -0.15) is 0 Å². The molecule has 1 saturated heterocycles. The second-order valence-corrected chi connectivity index (χ2v) is 4.37. The number of carbonyl (C=O) groups is 1. The maximum absolute atomic E-state index is 11.5. The fraction of sp³-hybridized carbons (Fsp3) is 0.900. The van der Waals surface area contributed by atoms with Crippen molar-refractivity contribution in [2.24, 2.45) is 5.73 Å². The van der Waals surface area contributed by atoms with E-state index in [-0.39, 0.29) is 30.7 Å². The second-order valence-electron chi connectivity index (χ2n) is 4.37. The molecule has 0 atom stereocenters. The fourth-order valence-electron chi connectivity index (χ4n) is 1.69. The molecule has 2 aliphatic rings. The van der Waals surface area contributed by atoms with E-state index in [0.717, 1.165) is 45.7 Å². The van der Waals surface area contributed by atoms with Crippen LogP contribution in [0, 0.1) is 0 Å².